The Labute approximate surface area is 135 Å². The number of amides is 1. The van der Waals surface area contributed by atoms with Crippen molar-refractivity contribution in [3.05, 3.63) is 51.5 Å². The third kappa shape index (κ3) is 3.07. The maximum absolute atomic E-state index is 12.4. The molecule has 0 atom stereocenters. The lowest BCUT2D eigenvalue weighted by Crippen LogP contribution is -2.28. The monoisotopic (exact) mass is 330 g/mol. The van der Waals surface area contributed by atoms with Gasteiger partial charge in [0.2, 0.25) is 5.88 Å². The fourth-order valence-corrected chi connectivity index (χ4v) is 2.87. The van der Waals surface area contributed by atoms with Crippen molar-refractivity contribution in [2.24, 2.45) is 0 Å². The molecule has 0 aliphatic rings. The first-order chi connectivity index (χ1) is 11.1. The van der Waals surface area contributed by atoms with E-state index in [1.165, 1.54) is 29.5 Å². The van der Waals surface area contributed by atoms with Crippen molar-refractivity contribution in [3.8, 4) is 5.88 Å². The van der Waals surface area contributed by atoms with Crippen molar-refractivity contribution in [1.29, 1.82) is 0 Å². The van der Waals surface area contributed by atoms with Crippen molar-refractivity contribution >= 4 is 27.5 Å². The van der Waals surface area contributed by atoms with Crippen LogP contribution in [0.2, 0.25) is 0 Å². The molecule has 1 amide bonds. The molecule has 0 aliphatic carbocycles. The number of carbonyl (C=O) groups excluding carboxylic acids is 1. The molecule has 0 unspecified atom stereocenters. The number of thiophene rings is 1. The van der Waals surface area contributed by atoms with Crippen LogP contribution < -0.4 is 10.3 Å². The first-order valence-electron chi connectivity index (χ1n) is 6.80. The van der Waals surface area contributed by atoms with Gasteiger partial charge < -0.3 is 14.6 Å². The van der Waals surface area contributed by atoms with Crippen molar-refractivity contribution in [3.63, 3.8) is 0 Å². The molecule has 23 heavy (non-hydrogen) atoms. The highest BCUT2D eigenvalue weighted by molar-refractivity contribution is 7.17. The highest BCUT2D eigenvalue weighted by Crippen LogP contribution is 2.14. The number of fused-ring (bicyclic) bond motifs is 1. The molecule has 0 saturated carbocycles. The topological polar surface area (TPSA) is 88.2 Å². The van der Waals surface area contributed by atoms with E-state index >= 15 is 0 Å². The number of pyridine rings is 1. The minimum Gasteiger partial charge on any atom is -0.481 e. The van der Waals surface area contributed by atoms with E-state index < -0.39 is 0 Å². The minimum atomic E-state index is -0.215. The van der Waals surface area contributed by atoms with Gasteiger partial charge in [0, 0.05) is 19.3 Å². The first kappa shape index (κ1) is 15.2. The van der Waals surface area contributed by atoms with E-state index in [4.69, 9.17) is 4.74 Å². The summed E-state index contributed by atoms with van der Waals surface area (Å²) in [6, 6.07) is 5.05. The molecular formula is C15H14N4O3S. The molecule has 0 spiro atoms. The average molecular weight is 330 g/mol. The molecule has 8 heteroatoms. The van der Waals surface area contributed by atoms with E-state index in [1.54, 1.807) is 25.2 Å². The molecule has 3 aromatic rings. The summed E-state index contributed by atoms with van der Waals surface area (Å²) in [5, 5.41) is 1.81. The van der Waals surface area contributed by atoms with Crippen LogP contribution in [0.4, 0.5) is 0 Å². The zero-order valence-corrected chi connectivity index (χ0v) is 13.4. The summed E-state index contributed by atoms with van der Waals surface area (Å²) in [5.41, 5.74) is 0.889. The second-order valence-electron chi connectivity index (χ2n) is 4.90. The summed E-state index contributed by atoms with van der Waals surface area (Å²) in [5.74, 6) is 0.671. The maximum atomic E-state index is 12.4. The van der Waals surface area contributed by atoms with Crippen LogP contribution in [0, 0.1) is 0 Å². The van der Waals surface area contributed by atoms with Crippen LogP contribution in [-0.2, 0) is 6.54 Å². The molecule has 0 aromatic carbocycles. The van der Waals surface area contributed by atoms with Crippen molar-refractivity contribution in [2.75, 3.05) is 14.2 Å². The summed E-state index contributed by atoms with van der Waals surface area (Å²) in [7, 11) is 3.16. The van der Waals surface area contributed by atoms with Gasteiger partial charge >= 0.3 is 0 Å². The molecule has 118 valence electrons. The van der Waals surface area contributed by atoms with Gasteiger partial charge in [-0.05, 0) is 17.5 Å². The minimum absolute atomic E-state index is 0.188. The summed E-state index contributed by atoms with van der Waals surface area (Å²) in [4.78, 5) is 36.9. The maximum Gasteiger partial charge on any atom is 0.268 e. The fraction of sp³-hybridized carbons (Fsp3) is 0.200. The van der Waals surface area contributed by atoms with Crippen LogP contribution in [0.25, 0.3) is 10.2 Å². The molecule has 0 fully saturated rings. The molecule has 0 bridgehead atoms. The number of methoxy groups -OCH3 is 1. The SMILES string of the molecule is COc1ccc(C(=O)N(C)Cc2nc3ccsc3c(=O)[nH]2)cn1. The van der Waals surface area contributed by atoms with Gasteiger partial charge in [0.1, 0.15) is 10.5 Å². The lowest BCUT2D eigenvalue weighted by molar-refractivity contribution is 0.0781. The average Bonchev–Trinajstić information content (AvgIpc) is 3.03. The Kier molecular flexibility index (Phi) is 4.07. The molecule has 0 aliphatic heterocycles. The summed E-state index contributed by atoms with van der Waals surface area (Å²) in [6.45, 7) is 0.200. The van der Waals surface area contributed by atoms with Gasteiger partial charge in [-0.25, -0.2) is 9.97 Å². The van der Waals surface area contributed by atoms with Crippen LogP contribution in [0.15, 0.2) is 34.6 Å². The molecule has 3 heterocycles. The third-order valence-electron chi connectivity index (χ3n) is 3.29. The normalized spacial score (nSPS) is 10.7. The van der Waals surface area contributed by atoms with Gasteiger partial charge in [0.05, 0.1) is 24.7 Å². The number of carbonyl (C=O) groups is 1. The van der Waals surface area contributed by atoms with E-state index in [1.807, 2.05) is 5.38 Å². The fourth-order valence-electron chi connectivity index (χ4n) is 2.14. The number of H-pyrrole nitrogens is 1. The van der Waals surface area contributed by atoms with Crippen LogP contribution in [0.3, 0.4) is 0 Å². The van der Waals surface area contributed by atoms with E-state index in [0.29, 0.717) is 27.5 Å². The zero-order chi connectivity index (χ0) is 16.4. The Morgan fingerprint density at radius 1 is 1.39 bits per heavy atom. The largest absolute Gasteiger partial charge is 0.481 e. The second-order valence-corrected chi connectivity index (χ2v) is 5.81. The van der Waals surface area contributed by atoms with Gasteiger partial charge in [0.25, 0.3) is 11.5 Å². The van der Waals surface area contributed by atoms with Crippen LogP contribution >= 0.6 is 11.3 Å². The van der Waals surface area contributed by atoms with Gasteiger partial charge in [-0.15, -0.1) is 11.3 Å². The standard InChI is InChI=1S/C15H14N4O3S/c1-19(15(21)9-3-4-12(22-2)16-7-9)8-11-17-10-5-6-23-13(10)14(20)18-11/h3-7H,8H2,1-2H3,(H,17,18,20). The van der Waals surface area contributed by atoms with Gasteiger partial charge in [-0.3, -0.25) is 9.59 Å². The van der Waals surface area contributed by atoms with Gasteiger partial charge in [-0.1, -0.05) is 0 Å². The summed E-state index contributed by atoms with van der Waals surface area (Å²) < 4.78 is 5.55. The molecular weight excluding hydrogens is 316 g/mol. The molecule has 0 saturated heterocycles. The van der Waals surface area contributed by atoms with E-state index in [9.17, 15) is 9.59 Å². The van der Waals surface area contributed by atoms with Gasteiger partial charge in [-0.2, -0.15) is 0 Å². The van der Waals surface area contributed by atoms with Crippen molar-refractivity contribution < 1.29 is 9.53 Å². The highest BCUT2D eigenvalue weighted by atomic mass is 32.1. The first-order valence-corrected chi connectivity index (χ1v) is 7.68. The van der Waals surface area contributed by atoms with E-state index in [-0.39, 0.29) is 18.0 Å². The van der Waals surface area contributed by atoms with E-state index in [2.05, 4.69) is 15.0 Å². The molecule has 0 radical (unpaired) electrons. The summed E-state index contributed by atoms with van der Waals surface area (Å²) >= 11 is 1.34. The second kappa shape index (κ2) is 6.17. The third-order valence-corrected chi connectivity index (χ3v) is 4.19. The zero-order valence-electron chi connectivity index (χ0n) is 12.6. The van der Waals surface area contributed by atoms with Gasteiger partial charge in [0.15, 0.2) is 0 Å². The van der Waals surface area contributed by atoms with Crippen molar-refractivity contribution in [1.82, 2.24) is 19.9 Å². The number of aromatic nitrogens is 3. The Bertz CT molecular complexity index is 901. The number of rotatable bonds is 4. The van der Waals surface area contributed by atoms with Crippen LogP contribution in [0.1, 0.15) is 16.2 Å². The number of nitrogens with one attached hydrogen (secondary N) is 1. The van der Waals surface area contributed by atoms with Crippen LogP contribution in [0.5, 0.6) is 5.88 Å². The quantitative estimate of drug-likeness (QED) is 0.786. The lowest BCUT2D eigenvalue weighted by Gasteiger charge is -2.16. The number of ether oxygens (including phenoxy) is 1. The summed E-state index contributed by atoms with van der Waals surface area (Å²) in [6.07, 6.45) is 1.45. The Balaban J connectivity index is 1.80. The number of hydrogen-bond acceptors (Lipinski definition) is 6. The smallest absolute Gasteiger partial charge is 0.268 e. The number of hydrogen-bond donors (Lipinski definition) is 1. The predicted octanol–water partition coefficient (Wildman–Crippen LogP) is 1.66. The highest BCUT2D eigenvalue weighted by Gasteiger charge is 2.14. The Morgan fingerprint density at radius 3 is 2.91 bits per heavy atom. The molecule has 3 rings (SSSR count). The molecule has 1 N–H and O–H groups in total. The molecule has 3 aromatic heterocycles. The van der Waals surface area contributed by atoms with E-state index in [0.717, 1.165) is 0 Å². The van der Waals surface area contributed by atoms with Crippen LogP contribution in [-0.4, -0.2) is 39.9 Å². The molecule has 7 nitrogen and oxygen atoms in total. The predicted molar refractivity (Wildman–Crippen MR) is 86.8 cm³/mol. The Hall–Kier alpha value is -2.74. The Morgan fingerprint density at radius 2 is 2.22 bits per heavy atom. The lowest BCUT2D eigenvalue weighted by atomic mass is 10.2. The number of nitrogens with zero attached hydrogens (tertiary/aromatic N) is 3. The van der Waals surface area contributed by atoms with Crippen molar-refractivity contribution in [2.45, 2.75) is 6.54 Å². The number of aromatic amines is 1.